The Balaban J connectivity index is 0.00000246. The number of esters is 1. The van der Waals surface area contributed by atoms with Crippen molar-refractivity contribution in [1.82, 2.24) is 40.9 Å². The molecule has 1 aromatic carbocycles. The summed E-state index contributed by atoms with van der Waals surface area (Å²) in [6.45, 7) is 25.8. The number of aliphatic hydroxyl groups is 5. The van der Waals surface area contributed by atoms with E-state index < -0.39 is 104 Å². The van der Waals surface area contributed by atoms with Crippen LogP contribution in [0.4, 0.5) is 14.4 Å². The Morgan fingerprint density at radius 2 is 0.969 bits per heavy atom. The van der Waals surface area contributed by atoms with E-state index >= 15 is 0 Å². The second kappa shape index (κ2) is 71.8. The summed E-state index contributed by atoms with van der Waals surface area (Å²) in [5, 5.41) is 63.2. The number of aliphatic carboxylic acids is 1. The quantitative estimate of drug-likeness (QED) is 0.00978. The SMILES string of the molecule is CCC(CO)OC(CO)OC.CCC(CO)OC(COC(=O)NCCC(=O)N1CCCC1C(=O)O[C@@H](c1ccccc1)[C@@H](C)CC(=O)[C@H](C)[C@@H](C)[C@@H]1CCCN1C(=O)C[C@@H](OC)[C@H]([C@@H](C)CC)N(C)C(=O)C(CC(=O)[C@H](C(C)C)N(C)C)C(C)C)OC.CCC(CO)OC(COC(=O)NCCC(=O)NCCSSC)OC.CCC(CO)OC(COC(=O)NCCC(=O)O)OC. The molecule has 2 saturated heterocycles. The number of ketones is 2. The first-order chi connectivity index (χ1) is 61.8. The van der Waals surface area contributed by atoms with Gasteiger partial charge in [0.15, 0.2) is 30.9 Å². The molecule has 0 aliphatic carbocycles. The number of amides is 7. The van der Waals surface area contributed by atoms with Gasteiger partial charge in [0.25, 0.3) is 0 Å². The number of carboxylic acids is 1. The second-order valence-electron chi connectivity index (χ2n) is 32.9. The molecule has 0 aromatic heterocycles. The number of Topliss-reactive ketones (excluding diaryl/α,β-unsaturated/α-hetero) is 2. The van der Waals surface area contributed by atoms with Crippen LogP contribution in [0.5, 0.6) is 0 Å². The van der Waals surface area contributed by atoms with Gasteiger partial charge in [-0.25, -0.2) is 19.2 Å². The number of methoxy groups -OCH3 is 5. The lowest BCUT2D eigenvalue weighted by atomic mass is 9.80. The molecule has 10 unspecified atom stereocenters. The van der Waals surface area contributed by atoms with E-state index in [1.165, 1.54) is 33.3 Å². The molecular weight excluding hydrogens is 1740 g/mol. The maximum absolute atomic E-state index is 14.5. The Kier molecular flexibility index (Phi) is 68.1. The number of aliphatic hydroxyl groups excluding tert-OH is 5. The van der Waals surface area contributed by atoms with Gasteiger partial charge in [-0.15, -0.1) is 0 Å². The largest absolute Gasteiger partial charge is 0.481 e. The fourth-order valence-electron chi connectivity index (χ4n) is 14.6. The van der Waals surface area contributed by atoms with Crippen molar-refractivity contribution in [3.05, 3.63) is 35.9 Å². The van der Waals surface area contributed by atoms with E-state index in [1.54, 1.807) is 40.6 Å². The van der Waals surface area contributed by atoms with Crippen LogP contribution in [0.1, 0.15) is 198 Å². The number of likely N-dealkylation sites (N-methyl/N-ethyl adjacent to an activating group) is 2. The van der Waals surface area contributed by atoms with E-state index in [4.69, 9.17) is 87.1 Å². The van der Waals surface area contributed by atoms with Gasteiger partial charge in [-0.3, -0.25) is 38.5 Å². The summed E-state index contributed by atoms with van der Waals surface area (Å²) in [5.74, 6) is -3.04. The average molecular weight is 1900 g/mol. The first-order valence-electron chi connectivity index (χ1n) is 45.3. The molecule has 7 amide bonds. The summed E-state index contributed by atoms with van der Waals surface area (Å²) < 4.78 is 68.7. The molecule has 2 aliphatic heterocycles. The number of rotatable bonds is 63. The Labute approximate surface area is 779 Å². The highest BCUT2D eigenvalue weighted by Crippen LogP contribution is 2.37. The summed E-state index contributed by atoms with van der Waals surface area (Å²) in [4.78, 5) is 148. The highest BCUT2D eigenvalue weighted by molar-refractivity contribution is 8.76. The molecule has 10 N–H and O–H groups in total. The fraction of sp³-hybridized carbons (Fsp3) is 0.811. The van der Waals surface area contributed by atoms with Gasteiger partial charge < -0.3 is 128 Å². The molecule has 2 heterocycles. The summed E-state index contributed by atoms with van der Waals surface area (Å²) >= 11 is 0. The van der Waals surface area contributed by atoms with Crippen molar-refractivity contribution in [2.75, 3.05) is 161 Å². The van der Waals surface area contributed by atoms with Crippen LogP contribution < -0.4 is 21.3 Å². The van der Waals surface area contributed by atoms with Crippen LogP contribution in [0.15, 0.2) is 30.3 Å². The molecular formula is C90H162N8O30S2. The first kappa shape index (κ1) is 123. The van der Waals surface area contributed by atoms with Crippen LogP contribution in [-0.4, -0.2) is 356 Å². The van der Waals surface area contributed by atoms with Gasteiger partial charge in [-0.2, -0.15) is 0 Å². The lowest BCUT2D eigenvalue weighted by Crippen LogP contribution is -2.53. The lowest BCUT2D eigenvalue weighted by molar-refractivity contribution is -0.181. The minimum absolute atomic E-state index is 0.0130. The zero-order chi connectivity index (χ0) is 98.5. The van der Waals surface area contributed by atoms with E-state index in [0.29, 0.717) is 58.2 Å². The van der Waals surface area contributed by atoms with E-state index in [-0.39, 0.29) is 200 Å². The second-order valence-corrected chi connectivity index (χ2v) is 35.6. The molecule has 754 valence electrons. The van der Waals surface area contributed by atoms with Gasteiger partial charge in [0.2, 0.25) is 23.6 Å². The van der Waals surface area contributed by atoms with Crippen molar-refractivity contribution < 1.29 is 145 Å². The molecule has 1 aromatic rings. The molecule has 0 saturated carbocycles. The highest BCUT2D eigenvalue weighted by Gasteiger charge is 2.44. The van der Waals surface area contributed by atoms with Crippen LogP contribution >= 0.6 is 21.6 Å². The number of nitrogens with zero attached hydrogens (tertiary/aromatic N) is 4. The van der Waals surface area contributed by atoms with Crippen molar-refractivity contribution in [3.63, 3.8) is 0 Å². The molecule has 19 atom stereocenters. The van der Waals surface area contributed by atoms with E-state index in [9.17, 15) is 57.8 Å². The highest BCUT2D eigenvalue weighted by atomic mass is 33.1. The standard InChI is InChI=1S/C58H97N5O13.C14H28N2O6S2.C11H21NO7.C7H16O4/c1-16-38(7)54(61(13)56(69)44(36(3)4)32-48(66)53(37(5)6)60(11)12)49(72-14)33-51(68)62-29-21-25-45(62)40(9)41(10)47(65)31-39(8)55(42-23-19-18-20-24-42)76-57(70)46-26-22-30-63(46)50(67)27-28-59-58(71)74-35-52(73-15)75-43(17-2)34-64;1-4-11(9-17)22-13(20-2)10-21-14(19)16-6-5-12(18)15-7-8-24-23-3;1-3-8(6-13)19-10(17-2)7-18-11(16)12-5-4-9(14)15;1-3-6(4-8)11-7(5-9)10-2/h18-20,23-24,36-41,43-46,49,52-55,64H,16-17,21-22,25-35H2,1-15H3,(H,59,71);11,13,17H,4-10H2,1-3H3,(H,15,18)(H,16,19);8,10,13H,3-7H2,1-2H3,(H,12,16)(H,14,15);6-9H,3-5H2,1-2H3/t38-,39-,40+,41+,43?,44?,45-,46?,49+,52?,53-,54-,55+;;;/m0.../s1. The van der Waals surface area contributed by atoms with Gasteiger partial charge in [0.1, 0.15) is 37.7 Å². The van der Waals surface area contributed by atoms with Crippen molar-refractivity contribution in [1.29, 1.82) is 0 Å². The number of ether oxygens (including phenoxy) is 13. The molecule has 2 aliphatic rings. The maximum atomic E-state index is 14.5. The van der Waals surface area contributed by atoms with Gasteiger partial charge in [-0.1, -0.05) is 148 Å². The molecule has 0 spiro atoms. The molecule has 0 radical (unpaired) electrons. The summed E-state index contributed by atoms with van der Waals surface area (Å²) in [6.07, 6.45) is -0.168. The Morgan fingerprint density at radius 1 is 0.508 bits per heavy atom. The number of nitrogens with one attached hydrogen (secondary N) is 4. The lowest BCUT2D eigenvalue weighted by Gasteiger charge is -2.41. The zero-order valence-corrected chi connectivity index (χ0v) is 82.9. The number of hydrogen-bond donors (Lipinski definition) is 10. The monoisotopic (exact) mass is 1900 g/mol. The van der Waals surface area contributed by atoms with Crippen LogP contribution in [0.25, 0.3) is 0 Å². The molecule has 0 bridgehead atoms. The Morgan fingerprint density at radius 3 is 1.38 bits per heavy atom. The minimum Gasteiger partial charge on any atom is -0.481 e. The predicted molar refractivity (Wildman–Crippen MR) is 491 cm³/mol. The Hall–Kier alpha value is -6.71. The molecule has 2 fully saturated rings. The number of alkyl carbamates (subject to hydrolysis) is 3. The summed E-state index contributed by atoms with van der Waals surface area (Å²) in [6, 6.07) is 7.48. The topological polar surface area (TPSA) is 490 Å². The van der Waals surface area contributed by atoms with Crippen molar-refractivity contribution in [3.8, 4) is 0 Å². The van der Waals surface area contributed by atoms with E-state index in [2.05, 4.69) is 35.1 Å². The van der Waals surface area contributed by atoms with Gasteiger partial charge in [0.05, 0.1) is 88.5 Å². The molecule has 38 nitrogen and oxygen atoms in total. The number of likely N-dealkylation sites (tertiary alicyclic amines) is 2. The summed E-state index contributed by atoms with van der Waals surface area (Å²) in [5.41, 5.74) is 0.721. The van der Waals surface area contributed by atoms with Gasteiger partial charge in [-0.05, 0) is 101 Å². The van der Waals surface area contributed by atoms with Crippen LogP contribution in [0, 0.1) is 41.4 Å². The number of hydrogen-bond acceptors (Lipinski definition) is 32. The van der Waals surface area contributed by atoms with Crippen LogP contribution in [0.3, 0.4) is 0 Å². The third-order valence-corrected chi connectivity index (χ3v) is 24.5. The van der Waals surface area contributed by atoms with Crippen molar-refractivity contribution in [2.24, 2.45) is 41.4 Å². The minimum atomic E-state index is -1.01. The predicted octanol–water partition coefficient (Wildman–Crippen LogP) is 7.77. The normalized spacial score (nSPS) is 17.6. The van der Waals surface area contributed by atoms with E-state index in [0.717, 1.165) is 30.6 Å². The van der Waals surface area contributed by atoms with Crippen molar-refractivity contribution in [2.45, 2.75) is 272 Å². The number of carbonyl (C=O) groups is 11. The number of benzene rings is 1. The fourth-order valence-corrected chi connectivity index (χ4v) is 15.7. The zero-order valence-electron chi connectivity index (χ0n) is 81.3. The third kappa shape index (κ3) is 48.5. The van der Waals surface area contributed by atoms with Crippen LogP contribution in [-0.2, 0) is 99.9 Å². The summed E-state index contributed by atoms with van der Waals surface area (Å²) in [7, 11) is 16.1. The number of carbonyl (C=O) groups excluding carboxylic acids is 10. The van der Waals surface area contributed by atoms with E-state index in [1.807, 2.05) is 137 Å². The molecule has 40 heteroatoms. The molecule has 130 heavy (non-hydrogen) atoms. The number of carboxylic acid groups (broad SMARTS) is 1. The first-order valence-corrected chi connectivity index (χ1v) is 48.1. The maximum Gasteiger partial charge on any atom is 0.407 e. The third-order valence-electron chi connectivity index (χ3n) is 22.6. The Bertz CT molecular complexity index is 3260. The molecule has 3 rings (SSSR count). The average Bonchev–Trinajstić information content (AvgIpc) is 1.39. The van der Waals surface area contributed by atoms with Crippen LogP contribution in [0.2, 0.25) is 0 Å². The van der Waals surface area contributed by atoms with Crippen molar-refractivity contribution >= 4 is 87.0 Å². The van der Waals surface area contributed by atoms with Gasteiger partial charge >= 0.3 is 30.2 Å². The smallest absolute Gasteiger partial charge is 0.407 e. The van der Waals surface area contributed by atoms with Gasteiger partial charge in [0, 0.05) is 137 Å².